The van der Waals surface area contributed by atoms with E-state index in [0.29, 0.717) is 18.0 Å². The van der Waals surface area contributed by atoms with Gasteiger partial charge in [-0.25, -0.2) is 8.42 Å². The van der Waals surface area contributed by atoms with E-state index >= 15 is 0 Å². The summed E-state index contributed by atoms with van der Waals surface area (Å²) in [6.45, 7) is 0.976. The molecule has 0 bridgehead atoms. The molecule has 1 aliphatic heterocycles. The predicted molar refractivity (Wildman–Crippen MR) is 91.7 cm³/mol. The van der Waals surface area contributed by atoms with E-state index in [1.54, 1.807) is 10.4 Å². The lowest BCUT2D eigenvalue weighted by molar-refractivity contribution is 0.392. The van der Waals surface area contributed by atoms with E-state index in [2.05, 4.69) is 6.07 Å². The Morgan fingerprint density at radius 2 is 1.48 bits per heavy atom. The van der Waals surface area contributed by atoms with Crippen molar-refractivity contribution in [3.05, 3.63) is 77.9 Å². The van der Waals surface area contributed by atoms with Crippen LogP contribution in [0.1, 0.15) is 11.1 Å². The molecule has 0 aromatic heterocycles. The van der Waals surface area contributed by atoms with Gasteiger partial charge < -0.3 is 0 Å². The quantitative estimate of drug-likeness (QED) is 0.723. The van der Waals surface area contributed by atoms with Gasteiger partial charge in [0.1, 0.15) is 0 Å². The summed E-state index contributed by atoms with van der Waals surface area (Å²) in [5, 5.41) is 1.74. The van der Waals surface area contributed by atoms with Crippen molar-refractivity contribution < 1.29 is 8.42 Å². The smallest absolute Gasteiger partial charge is 0.207 e. The Morgan fingerprint density at radius 1 is 0.783 bits per heavy atom. The highest BCUT2D eigenvalue weighted by molar-refractivity contribution is 7.89. The lowest BCUT2D eigenvalue weighted by Gasteiger charge is -2.28. The Morgan fingerprint density at radius 3 is 2.35 bits per heavy atom. The fraction of sp³-hybridized carbons (Fsp3) is 0.158. The number of benzene rings is 3. The second-order valence-corrected chi connectivity index (χ2v) is 7.74. The monoisotopic (exact) mass is 323 g/mol. The van der Waals surface area contributed by atoms with Gasteiger partial charge in [-0.1, -0.05) is 60.7 Å². The van der Waals surface area contributed by atoms with Crippen molar-refractivity contribution >= 4 is 20.8 Å². The molecule has 0 saturated heterocycles. The molecule has 0 fully saturated rings. The molecule has 1 heterocycles. The van der Waals surface area contributed by atoms with Gasteiger partial charge in [0.15, 0.2) is 0 Å². The number of nitrogens with zero attached hydrogens (tertiary/aromatic N) is 1. The van der Waals surface area contributed by atoms with Crippen molar-refractivity contribution in [3.8, 4) is 0 Å². The van der Waals surface area contributed by atoms with Crippen molar-refractivity contribution in [2.24, 2.45) is 0 Å². The SMILES string of the molecule is O=S(=O)(c1cccc2ccccc12)N1CCc2ccccc2C1. The molecule has 0 N–H and O–H groups in total. The number of fused-ring (bicyclic) bond motifs is 2. The first kappa shape index (κ1) is 14.4. The summed E-state index contributed by atoms with van der Waals surface area (Å²) in [5.41, 5.74) is 2.35. The van der Waals surface area contributed by atoms with E-state index in [0.717, 1.165) is 22.8 Å². The van der Waals surface area contributed by atoms with Crippen molar-refractivity contribution in [1.82, 2.24) is 4.31 Å². The molecule has 0 spiro atoms. The van der Waals surface area contributed by atoms with Gasteiger partial charge in [0.2, 0.25) is 10.0 Å². The molecule has 4 rings (SSSR count). The lowest BCUT2D eigenvalue weighted by Crippen LogP contribution is -2.36. The highest BCUT2D eigenvalue weighted by Crippen LogP contribution is 2.29. The lowest BCUT2D eigenvalue weighted by atomic mass is 10.0. The Balaban J connectivity index is 1.79. The minimum absolute atomic E-state index is 0.398. The first-order valence-electron chi connectivity index (χ1n) is 7.71. The molecule has 3 aromatic rings. The highest BCUT2D eigenvalue weighted by Gasteiger charge is 2.29. The van der Waals surface area contributed by atoms with Gasteiger partial charge >= 0.3 is 0 Å². The Kier molecular flexibility index (Phi) is 3.43. The molecule has 0 radical (unpaired) electrons. The summed E-state index contributed by atoms with van der Waals surface area (Å²) < 4.78 is 27.9. The molecule has 0 atom stereocenters. The van der Waals surface area contributed by atoms with Crippen molar-refractivity contribution in [3.63, 3.8) is 0 Å². The maximum absolute atomic E-state index is 13.1. The standard InChI is InChI=1S/C19H17NO2S/c21-23(22,19-11-5-9-16-7-3-4-10-18(16)19)20-13-12-15-6-1-2-8-17(15)14-20/h1-11H,12-14H2. The van der Waals surface area contributed by atoms with Crippen LogP contribution < -0.4 is 0 Å². The minimum Gasteiger partial charge on any atom is -0.207 e. The molecule has 0 saturated carbocycles. The van der Waals surface area contributed by atoms with Gasteiger partial charge in [-0.3, -0.25) is 0 Å². The van der Waals surface area contributed by atoms with Crippen LogP contribution in [0, 0.1) is 0 Å². The normalized spacial score (nSPS) is 15.5. The average molecular weight is 323 g/mol. The number of rotatable bonds is 2. The molecule has 0 aliphatic carbocycles. The van der Waals surface area contributed by atoms with Crippen LogP contribution in [0.3, 0.4) is 0 Å². The molecule has 0 amide bonds. The summed E-state index contributed by atoms with van der Waals surface area (Å²) in [5.74, 6) is 0. The van der Waals surface area contributed by atoms with Gasteiger partial charge in [-0.05, 0) is 29.0 Å². The van der Waals surface area contributed by atoms with Crippen LogP contribution in [0.4, 0.5) is 0 Å². The van der Waals surface area contributed by atoms with Crippen LogP contribution in [-0.2, 0) is 23.0 Å². The van der Waals surface area contributed by atoms with Gasteiger partial charge in [0, 0.05) is 18.5 Å². The Hall–Kier alpha value is -2.17. The van der Waals surface area contributed by atoms with E-state index in [1.807, 2.05) is 54.6 Å². The largest absolute Gasteiger partial charge is 0.244 e. The molecule has 4 heteroatoms. The average Bonchev–Trinajstić information content (AvgIpc) is 2.60. The first-order chi connectivity index (χ1) is 11.2. The van der Waals surface area contributed by atoms with E-state index in [4.69, 9.17) is 0 Å². The van der Waals surface area contributed by atoms with Crippen LogP contribution in [0.25, 0.3) is 10.8 Å². The van der Waals surface area contributed by atoms with Crippen molar-refractivity contribution in [2.75, 3.05) is 6.54 Å². The number of sulfonamides is 1. The van der Waals surface area contributed by atoms with Crippen LogP contribution in [-0.4, -0.2) is 19.3 Å². The van der Waals surface area contributed by atoms with Gasteiger partial charge in [-0.15, -0.1) is 0 Å². The number of hydrogen-bond acceptors (Lipinski definition) is 2. The summed E-state index contributed by atoms with van der Waals surface area (Å²) in [4.78, 5) is 0.398. The zero-order valence-electron chi connectivity index (χ0n) is 12.6. The third-order valence-corrected chi connectivity index (χ3v) is 6.37. The van der Waals surface area contributed by atoms with Crippen LogP contribution >= 0.6 is 0 Å². The van der Waals surface area contributed by atoms with E-state index in [1.165, 1.54) is 5.56 Å². The summed E-state index contributed by atoms with van der Waals surface area (Å²) in [6.07, 6.45) is 0.764. The molecule has 3 aromatic carbocycles. The van der Waals surface area contributed by atoms with Crippen LogP contribution in [0.15, 0.2) is 71.6 Å². The molecule has 1 aliphatic rings. The fourth-order valence-electron chi connectivity index (χ4n) is 3.23. The molecular formula is C19H17NO2S. The summed E-state index contributed by atoms with van der Waals surface area (Å²) >= 11 is 0. The molecule has 23 heavy (non-hydrogen) atoms. The second kappa shape index (κ2) is 5.48. The minimum atomic E-state index is -3.50. The third-order valence-electron chi connectivity index (χ3n) is 4.46. The fourth-order valence-corrected chi connectivity index (χ4v) is 4.87. The van der Waals surface area contributed by atoms with Gasteiger partial charge in [0.25, 0.3) is 0 Å². The maximum atomic E-state index is 13.1. The van der Waals surface area contributed by atoms with Crippen molar-refractivity contribution in [1.29, 1.82) is 0 Å². The highest BCUT2D eigenvalue weighted by atomic mass is 32.2. The van der Waals surface area contributed by atoms with Crippen molar-refractivity contribution in [2.45, 2.75) is 17.9 Å². The zero-order valence-corrected chi connectivity index (χ0v) is 13.5. The third kappa shape index (κ3) is 2.44. The van der Waals surface area contributed by atoms with E-state index in [-0.39, 0.29) is 0 Å². The Bertz CT molecular complexity index is 974. The zero-order chi connectivity index (χ0) is 15.9. The molecule has 3 nitrogen and oxygen atoms in total. The first-order valence-corrected chi connectivity index (χ1v) is 9.15. The summed E-state index contributed by atoms with van der Waals surface area (Å²) in [6, 6.07) is 21.2. The predicted octanol–water partition coefficient (Wildman–Crippen LogP) is 3.59. The van der Waals surface area contributed by atoms with Crippen LogP contribution in [0.2, 0.25) is 0 Å². The topological polar surface area (TPSA) is 37.4 Å². The Labute approximate surface area is 136 Å². The number of hydrogen-bond donors (Lipinski definition) is 0. The van der Waals surface area contributed by atoms with E-state index in [9.17, 15) is 8.42 Å². The molecular weight excluding hydrogens is 306 g/mol. The van der Waals surface area contributed by atoms with Gasteiger partial charge in [-0.2, -0.15) is 4.31 Å². The summed E-state index contributed by atoms with van der Waals surface area (Å²) in [7, 11) is -3.50. The molecule has 0 unspecified atom stereocenters. The molecule has 116 valence electrons. The van der Waals surface area contributed by atoms with E-state index < -0.39 is 10.0 Å². The maximum Gasteiger partial charge on any atom is 0.244 e. The second-order valence-electron chi connectivity index (χ2n) is 5.83. The van der Waals surface area contributed by atoms with Crippen LogP contribution in [0.5, 0.6) is 0 Å². The van der Waals surface area contributed by atoms with Gasteiger partial charge in [0.05, 0.1) is 4.90 Å².